The van der Waals surface area contributed by atoms with Crippen LogP contribution < -0.4 is 4.90 Å². The van der Waals surface area contributed by atoms with E-state index < -0.39 is 0 Å². The highest BCUT2D eigenvalue weighted by Gasteiger charge is 2.24. The lowest BCUT2D eigenvalue weighted by atomic mass is 9.99. The van der Waals surface area contributed by atoms with Gasteiger partial charge in [0.1, 0.15) is 0 Å². The summed E-state index contributed by atoms with van der Waals surface area (Å²) in [6, 6.07) is 10.7. The van der Waals surface area contributed by atoms with Crippen molar-refractivity contribution < 1.29 is 0 Å². The topological polar surface area (TPSA) is 29.0 Å². The molecule has 1 aliphatic rings. The summed E-state index contributed by atoms with van der Waals surface area (Å²) in [5.41, 5.74) is 2.54. The molecule has 19 heavy (non-hydrogen) atoms. The average molecular weight is 253 g/mol. The number of rotatable bonds is 3. The average Bonchev–Trinajstić information content (AvgIpc) is 2.89. The molecule has 1 saturated heterocycles. The molecule has 0 N–H and O–H groups in total. The van der Waals surface area contributed by atoms with Crippen LogP contribution in [0.3, 0.4) is 0 Å². The molecule has 0 amide bonds. The zero-order chi connectivity index (χ0) is 13.1. The Kier molecular flexibility index (Phi) is 3.45. The van der Waals surface area contributed by atoms with Crippen LogP contribution in [0.2, 0.25) is 0 Å². The van der Waals surface area contributed by atoms with Crippen molar-refractivity contribution in [1.29, 1.82) is 0 Å². The number of aromatic nitrogens is 2. The SMILES string of the molecule is Cc1cnc(N2CCC(Cc3ccccc3)C2)nc1. The number of aryl methyl sites for hydroxylation is 1. The minimum absolute atomic E-state index is 0.715. The maximum absolute atomic E-state index is 4.42. The molecule has 1 aromatic heterocycles. The van der Waals surface area contributed by atoms with E-state index in [9.17, 15) is 0 Å². The van der Waals surface area contributed by atoms with Crippen LogP contribution >= 0.6 is 0 Å². The number of hydrogen-bond donors (Lipinski definition) is 0. The molecule has 1 aliphatic heterocycles. The Morgan fingerprint density at radius 2 is 1.89 bits per heavy atom. The first-order chi connectivity index (χ1) is 9.31. The van der Waals surface area contributed by atoms with Crippen molar-refractivity contribution in [2.75, 3.05) is 18.0 Å². The van der Waals surface area contributed by atoms with Crippen molar-refractivity contribution in [2.24, 2.45) is 5.92 Å². The van der Waals surface area contributed by atoms with E-state index >= 15 is 0 Å². The summed E-state index contributed by atoms with van der Waals surface area (Å²) < 4.78 is 0. The molecule has 0 spiro atoms. The van der Waals surface area contributed by atoms with E-state index in [0.29, 0.717) is 5.92 Å². The van der Waals surface area contributed by atoms with Crippen molar-refractivity contribution in [2.45, 2.75) is 19.8 Å². The van der Waals surface area contributed by atoms with Gasteiger partial charge in [0.25, 0.3) is 0 Å². The first kappa shape index (κ1) is 12.2. The molecule has 1 atom stereocenters. The van der Waals surface area contributed by atoms with Gasteiger partial charge in [0.05, 0.1) is 0 Å². The number of nitrogens with zero attached hydrogens (tertiary/aromatic N) is 3. The Morgan fingerprint density at radius 1 is 1.16 bits per heavy atom. The summed E-state index contributed by atoms with van der Waals surface area (Å²) >= 11 is 0. The fourth-order valence-electron chi connectivity index (χ4n) is 2.68. The number of anilines is 1. The van der Waals surface area contributed by atoms with Crippen LogP contribution in [0.25, 0.3) is 0 Å². The fourth-order valence-corrected chi connectivity index (χ4v) is 2.68. The van der Waals surface area contributed by atoms with Gasteiger partial charge < -0.3 is 4.90 Å². The maximum Gasteiger partial charge on any atom is 0.225 e. The van der Waals surface area contributed by atoms with Crippen LogP contribution in [-0.2, 0) is 6.42 Å². The number of benzene rings is 1. The van der Waals surface area contributed by atoms with Gasteiger partial charge in [-0.05, 0) is 36.8 Å². The van der Waals surface area contributed by atoms with Crippen molar-refractivity contribution in [3.8, 4) is 0 Å². The van der Waals surface area contributed by atoms with E-state index in [0.717, 1.165) is 31.0 Å². The molecule has 0 bridgehead atoms. The third-order valence-corrected chi connectivity index (χ3v) is 3.70. The van der Waals surface area contributed by atoms with Gasteiger partial charge in [-0.25, -0.2) is 9.97 Å². The summed E-state index contributed by atoms with van der Waals surface area (Å²) in [5, 5.41) is 0. The van der Waals surface area contributed by atoms with Crippen LogP contribution in [0.5, 0.6) is 0 Å². The lowest BCUT2D eigenvalue weighted by Crippen LogP contribution is -2.22. The molecular weight excluding hydrogens is 234 g/mol. The van der Waals surface area contributed by atoms with E-state index in [1.165, 1.54) is 12.0 Å². The smallest absolute Gasteiger partial charge is 0.225 e. The molecule has 1 unspecified atom stereocenters. The standard InChI is InChI=1S/C16H19N3/c1-13-10-17-16(18-11-13)19-8-7-15(12-19)9-14-5-3-2-4-6-14/h2-6,10-11,15H,7-9,12H2,1H3. The van der Waals surface area contributed by atoms with Crippen LogP contribution in [0.4, 0.5) is 5.95 Å². The predicted molar refractivity (Wildman–Crippen MR) is 77.2 cm³/mol. The second-order valence-corrected chi connectivity index (χ2v) is 5.35. The fraction of sp³-hybridized carbons (Fsp3) is 0.375. The quantitative estimate of drug-likeness (QED) is 0.842. The van der Waals surface area contributed by atoms with Crippen LogP contribution in [0.1, 0.15) is 17.5 Å². The van der Waals surface area contributed by atoms with E-state index in [2.05, 4.69) is 45.2 Å². The third-order valence-electron chi connectivity index (χ3n) is 3.70. The predicted octanol–water partition coefficient (Wildman–Crippen LogP) is 2.85. The Hall–Kier alpha value is -1.90. The highest BCUT2D eigenvalue weighted by molar-refractivity contribution is 5.32. The lowest BCUT2D eigenvalue weighted by Gasteiger charge is -2.16. The minimum atomic E-state index is 0.715. The lowest BCUT2D eigenvalue weighted by molar-refractivity contribution is 0.586. The first-order valence-electron chi connectivity index (χ1n) is 6.89. The number of hydrogen-bond acceptors (Lipinski definition) is 3. The van der Waals surface area contributed by atoms with Crippen molar-refractivity contribution >= 4 is 5.95 Å². The van der Waals surface area contributed by atoms with Gasteiger partial charge in [0.15, 0.2) is 0 Å². The minimum Gasteiger partial charge on any atom is -0.341 e. The second-order valence-electron chi connectivity index (χ2n) is 5.35. The molecule has 2 aromatic rings. The maximum atomic E-state index is 4.42. The summed E-state index contributed by atoms with van der Waals surface area (Å²) in [4.78, 5) is 11.1. The Bertz CT molecular complexity index is 521. The van der Waals surface area contributed by atoms with Crippen molar-refractivity contribution in [1.82, 2.24) is 9.97 Å². The zero-order valence-electron chi connectivity index (χ0n) is 11.3. The molecule has 3 heteroatoms. The van der Waals surface area contributed by atoms with Gasteiger partial charge in [-0.2, -0.15) is 0 Å². The van der Waals surface area contributed by atoms with Gasteiger partial charge >= 0.3 is 0 Å². The van der Waals surface area contributed by atoms with Crippen LogP contribution in [0.15, 0.2) is 42.7 Å². The van der Waals surface area contributed by atoms with E-state index in [-0.39, 0.29) is 0 Å². The molecule has 0 radical (unpaired) electrons. The Labute approximate surface area is 114 Å². The van der Waals surface area contributed by atoms with Gasteiger partial charge in [-0.1, -0.05) is 30.3 Å². The van der Waals surface area contributed by atoms with E-state index in [1.807, 2.05) is 19.3 Å². The summed E-state index contributed by atoms with van der Waals surface area (Å²) in [5.74, 6) is 1.59. The normalized spacial score (nSPS) is 18.8. The molecular formula is C16H19N3. The summed E-state index contributed by atoms with van der Waals surface area (Å²) in [7, 11) is 0. The van der Waals surface area contributed by atoms with E-state index in [1.54, 1.807) is 0 Å². The first-order valence-corrected chi connectivity index (χ1v) is 6.89. The molecule has 0 saturated carbocycles. The zero-order valence-corrected chi connectivity index (χ0v) is 11.3. The highest BCUT2D eigenvalue weighted by Crippen LogP contribution is 2.23. The van der Waals surface area contributed by atoms with Gasteiger partial charge in [-0.15, -0.1) is 0 Å². The molecule has 3 nitrogen and oxygen atoms in total. The Morgan fingerprint density at radius 3 is 2.63 bits per heavy atom. The van der Waals surface area contributed by atoms with E-state index in [4.69, 9.17) is 0 Å². The molecule has 3 rings (SSSR count). The largest absolute Gasteiger partial charge is 0.341 e. The van der Waals surface area contributed by atoms with Crippen LogP contribution in [-0.4, -0.2) is 23.1 Å². The Balaban J connectivity index is 1.62. The monoisotopic (exact) mass is 253 g/mol. The molecule has 98 valence electrons. The molecule has 1 fully saturated rings. The summed E-state index contributed by atoms with van der Waals surface area (Å²) in [6.45, 7) is 4.16. The molecule has 0 aliphatic carbocycles. The van der Waals surface area contributed by atoms with Crippen molar-refractivity contribution in [3.05, 3.63) is 53.9 Å². The molecule has 2 heterocycles. The van der Waals surface area contributed by atoms with Gasteiger partial charge in [0.2, 0.25) is 5.95 Å². The highest BCUT2D eigenvalue weighted by atomic mass is 15.3. The second kappa shape index (κ2) is 5.39. The third kappa shape index (κ3) is 2.92. The van der Waals surface area contributed by atoms with Crippen molar-refractivity contribution in [3.63, 3.8) is 0 Å². The summed E-state index contributed by atoms with van der Waals surface area (Å²) in [6.07, 6.45) is 6.18. The van der Waals surface area contributed by atoms with Gasteiger partial charge in [-0.3, -0.25) is 0 Å². The van der Waals surface area contributed by atoms with Crippen LogP contribution in [0, 0.1) is 12.8 Å². The van der Waals surface area contributed by atoms with Gasteiger partial charge in [0, 0.05) is 25.5 Å². The molecule has 1 aromatic carbocycles.